The number of carbonyl (C=O) groups excluding carboxylic acids is 1. The van der Waals surface area contributed by atoms with Crippen LogP contribution in [0.5, 0.6) is 5.75 Å². The molecular weight excluding hydrogens is 281 g/mol. The van der Waals surface area contributed by atoms with E-state index >= 15 is 0 Å². The molecule has 0 bridgehead atoms. The van der Waals surface area contributed by atoms with E-state index in [4.69, 9.17) is 0 Å². The van der Waals surface area contributed by atoms with Crippen LogP contribution in [0.4, 0.5) is 13.2 Å². The summed E-state index contributed by atoms with van der Waals surface area (Å²) in [6, 6.07) is 12.8. The molecular formula is C16H11F3O2. The van der Waals surface area contributed by atoms with Crippen LogP contribution in [-0.4, -0.2) is 12.1 Å². The highest BCUT2D eigenvalue weighted by molar-refractivity contribution is 6.02. The second-order valence-electron chi connectivity index (χ2n) is 4.90. The summed E-state index contributed by atoms with van der Waals surface area (Å²) in [5, 5.41) is 0. The SMILES string of the molecule is O=C(c1cccc(OC(F)(F)F)c1)C1Cc2ccccc21. The Morgan fingerprint density at radius 1 is 1.10 bits per heavy atom. The average molecular weight is 292 g/mol. The van der Waals surface area contributed by atoms with Crippen LogP contribution in [0.1, 0.15) is 27.4 Å². The van der Waals surface area contributed by atoms with E-state index in [2.05, 4.69) is 4.74 Å². The number of hydrogen-bond donors (Lipinski definition) is 0. The lowest BCUT2D eigenvalue weighted by Gasteiger charge is -2.28. The number of fused-ring (bicyclic) bond motifs is 1. The van der Waals surface area contributed by atoms with Crippen LogP contribution in [0, 0.1) is 0 Å². The molecule has 108 valence electrons. The lowest BCUT2D eigenvalue weighted by atomic mass is 9.74. The highest BCUT2D eigenvalue weighted by Crippen LogP contribution is 2.37. The molecule has 2 aromatic rings. The molecule has 0 saturated heterocycles. The van der Waals surface area contributed by atoms with Crippen LogP contribution < -0.4 is 4.74 Å². The predicted octanol–water partition coefficient (Wildman–Crippen LogP) is 4.11. The van der Waals surface area contributed by atoms with Crippen molar-refractivity contribution in [3.05, 3.63) is 65.2 Å². The smallest absolute Gasteiger partial charge is 0.406 e. The third-order valence-electron chi connectivity index (χ3n) is 3.52. The summed E-state index contributed by atoms with van der Waals surface area (Å²) in [7, 11) is 0. The summed E-state index contributed by atoms with van der Waals surface area (Å²) in [5.41, 5.74) is 2.29. The molecule has 0 radical (unpaired) electrons. The molecule has 1 unspecified atom stereocenters. The van der Waals surface area contributed by atoms with Crippen LogP contribution >= 0.6 is 0 Å². The number of ether oxygens (including phenoxy) is 1. The summed E-state index contributed by atoms with van der Waals surface area (Å²) >= 11 is 0. The van der Waals surface area contributed by atoms with E-state index in [1.807, 2.05) is 24.3 Å². The number of rotatable bonds is 3. The zero-order valence-electron chi connectivity index (χ0n) is 10.9. The molecule has 21 heavy (non-hydrogen) atoms. The summed E-state index contributed by atoms with van der Waals surface area (Å²) in [6.45, 7) is 0. The maximum Gasteiger partial charge on any atom is 0.573 e. The first kappa shape index (κ1) is 13.7. The Labute approximate surface area is 119 Å². The van der Waals surface area contributed by atoms with Gasteiger partial charge in [0.15, 0.2) is 5.78 Å². The van der Waals surface area contributed by atoms with Gasteiger partial charge >= 0.3 is 6.36 Å². The van der Waals surface area contributed by atoms with E-state index in [9.17, 15) is 18.0 Å². The minimum Gasteiger partial charge on any atom is -0.406 e. The lowest BCUT2D eigenvalue weighted by molar-refractivity contribution is -0.274. The first-order chi connectivity index (χ1) is 9.94. The molecule has 1 atom stereocenters. The fourth-order valence-corrected chi connectivity index (χ4v) is 2.54. The van der Waals surface area contributed by atoms with Crippen molar-refractivity contribution >= 4 is 5.78 Å². The Hall–Kier alpha value is -2.30. The van der Waals surface area contributed by atoms with Gasteiger partial charge in [-0.25, -0.2) is 0 Å². The summed E-state index contributed by atoms with van der Waals surface area (Å²) in [5.74, 6) is -0.829. The van der Waals surface area contributed by atoms with E-state index in [1.54, 1.807) is 0 Å². The van der Waals surface area contributed by atoms with Gasteiger partial charge in [-0.2, -0.15) is 0 Å². The minimum absolute atomic E-state index is 0.179. The summed E-state index contributed by atoms with van der Waals surface area (Å²) in [6.07, 6.45) is -4.13. The highest BCUT2D eigenvalue weighted by atomic mass is 19.4. The lowest BCUT2D eigenvalue weighted by Crippen LogP contribution is -2.25. The molecule has 0 fully saturated rings. The quantitative estimate of drug-likeness (QED) is 0.796. The van der Waals surface area contributed by atoms with Crippen molar-refractivity contribution < 1.29 is 22.7 Å². The normalized spacial score (nSPS) is 16.8. The third-order valence-corrected chi connectivity index (χ3v) is 3.52. The van der Waals surface area contributed by atoms with Crippen molar-refractivity contribution in [2.75, 3.05) is 0 Å². The van der Waals surface area contributed by atoms with Gasteiger partial charge in [-0.05, 0) is 29.7 Å². The number of alkyl halides is 3. The Kier molecular flexibility index (Phi) is 3.20. The van der Waals surface area contributed by atoms with E-state index in [1.165, 1.54) is 18.2 Å². The molecule has 0 saturated carbocycles. The van der Waals surface area contributed by atoms with E-state index in [0.29, 0.717) is 6.42 Å². The van der Waals surface area contributed by atoms with Crippen molar-refractivity contribution in [3.63, 3.8) is 0 Å². The minimum atomic E-state index is -4.76. The van der Waals surface area contributed by atoms with Crippen molar-refractivity contribution in [1.29, 1.82) is 0 Å². The molecule has 0 heterocycles. The molecule has 1 aliphatic rings. The van der Waals surface area contributed by atoms with Gasteiger partial charge < -0.3 is 4.74 Å². The Bertz CT molecular complexity index is 692. The Morgan fingerprint density at radius 2 is 1.86 bits per heavy atom. The molecule has 0 aromatic heterocycles. The summed E-state index contributed by atoms with van der Waals surface area (Å²) in [4.78, 5) is 12.4. The fraction of sp³-hybridized carbons (Fsp3) is 0.188. The zero-order chi connectivity index (χ0) is 15.0. The zero-order valence-corrected chi connectivity index (χ0v) is 10.9. The second-order valence-corrected chi connectivity index (χ2v) is 4.90. The number of benzene rings is 2. The second kappa shape index (κ2) is 4.91. The van der Waals surface area contributed by atoms with E-state index in [0.717, 1.165) is 17.2 Å². The Balaban J connectivity index is 1.82. The van der Waals surface area contributed by atoms with Crippen LogP contribution in [0.25, 0.3) is 0 Å². The molecule has 0 N–H and O–H groups in total. The predicted molar refractivity (Wildman–Crippen MR) is 70.3 cm³/mol. The standard InChI is InChI=1S/C16H11F3O2/c17-16(18,19)21-12-6-3-5-11(8-12)15(20)14-9-10-4-1-2-7-13(10)14/h1-8,14H,9H2. The third kappa shape index (κ3) is 2.77. The first-order valence-electron chi connectivity index (χ1n) is 6.42. The number of hydrogen-bond acceptors (Lipinski definition) is 2. The number of ketones is 1. The maximum atomic E-state index is 12.4. The van der Waals surface area contributed by atoms with Gasteiger partial charge in [-0.3, -0.25) is 4.79 Å². The van der Waals surface area contributed by atoms with Gasteiger partial charge in [0.25, 0.3) is 0 Å². The molecule has 5 heteroatoms. The number of halogens is 3. The summed E-state index contributed by atoms with van der Waals surface area (Å²) < 4.78 is 40.4. The van der Waals surface area contributed by atoms with Crippen LogP contribution in [-0.2, 0) is 6.42 Å². The van der Waals surface area contributed by atoms with Gasteiger partial charge in [-0.15, -0.1) is 13.2 Å². The molecule has 2 aromatic carbocycles. The molecule has 3 rings (SSSR count). The topological polar surface area (TPSA) is 26.3 Å². The van der Waals surface area contributed by atoms with Gasteiger partial charge in [0.2, 0.25) is 0 Å². The maximum absolute atomic E-state index is 12.4. The van der Waals surface area contributed by atoms with Gasteiger partial charge in [0.05, 0.1) is 5.92 Å². The molecule has 2 nitrogen and oxygen atoms in total. The molecule has 0 aliphatic heterocycles. The van der Waals surface area contributed by atoms with Crippen molar-refractivity contribution in [2.24, 2.45) is 0 Å². The largest absolute Gasteiger partial charge is 0.573 e. The average Bonchev–Trinajstić information content (AvgIpc) is 2.38. The molecule has 0 spiro atoms. The fourth-order valence-electron chi connectivity index (χ4n) is 2.54. The monoisotopic (exact) mass is 292 g/mol. The number of carbonyl (C=O) groups is 1. The van der Waals surface area contributed by atoms with Gasteiger partial charge in [0.1, 0.15) is 5.75 Å². The van der Waals surface area contributed by atoms with Crippen LogP contribution in [0.2, 0.25) is 0 Å². The molecule has 0 amide bonds. The van der Waals surface area contributed by atoms with Crippen molar-refractivity contribution in [2.45, 2.75) is 18.7 Å². The van der Waals surface area contributed by atoms with Crippen LogP contribution in [0.3, 0.4) is 0 Å². The van der Waals surface area contributed by atoms with E-state index in [-0.39, 0.29) is 23.0 Å². The van der Waals surface area contributed by atoms with Crippen molar-refractivity contribution in [1.82, 2.24) is 0 Å². The van der Waals surface area contributed by atoms with Crippen LogP contribution in [0.15, 0.2) is 48.5 Å². The van der Waals surface area contributed by atoms with Gasteiger partial charge in [-0.1, -0.05) is 36.4 Å². The van der Waals surface area contributed by atoms with Gasteiger partial charge in [0, 0.05) is 5.56 Å². The highest BCUT2D eigenvalue weighted by Gasteiger charge is 2.34. The van der Waals surface area contributed by atoms with Crippen molar-refractivity contribution in [3.8, 4) is 5.75 Å². The first-order valence-corrected chi connectivity index (χ1v) is 6.42. The van der Waals surface area contributed by atoms with E-state index < -0.39 is 6.36 Å². The Morgan fingerprint density at radius 3 is 2.57 bits per heavy atom. The molecule has 1 aliphatic carbocycles. The number of Topliss-reactive ketones (excluding diaryl/α,β-unsaturated/α-hetero) is 1.